The lowest BCUT2D eigenvalue weighted by atomic mass is 10.0. The maximum atomic E-state index is 5.92. The number of aliphatic imine (C=N–C) groups is 1. The Morgan fingerprint density at radius 1 is 1.53 bits per heavy atom. The first-order valence-corrected chi connectivity index (χ1v) is 6.65. The first-order valence-electron chi connectivity index (χ1n) is 6.65. The van der Waals surface area contributed by atoms with E-state index in [0.29, 0.717) is 19.1 Å². The minimum Gasteiger partial charge on any atom is -0.493 e. The number of ether oxygens (including phenoxy) is 1. The Bertz CT molecular complexity index is 482. The number of para-hydroxylation sites is 1. The summed E-state index contributed by atoms with van der Waals surface area (Å²) >= 11 is 0. The Morgan fingerprint density at radius 2 is 2.32 bits per heavy atom. The quantitative estimate of drug-likeness (QED) is 0.496. The van der Waals surface area contributed by atoms with E-state index in [1.807, 2.05) is 18.2 Å². The minimum absolute atomic E-state index is 0.170. The van der Waals surface area contributed by atoms with Crippen LogP contribution < -0.4 is 15.8 Å². The van der Waals surface area contributed by atoms with E-state index in [-0.39, 0.29) is 6.04 Å². The normalized spacial score (nSPS) is 18.4. The SMILES string of the molecule is C=C(CC)CN=C(N)NC1CCOc2ccccc21. The van der Waals surface area contributed by atoms with Crippen molar-refractivity contribution in [1.82, 2.24) is 5.32 Å². The van der Waals surface area contributed by atoms with E-state index in [4.69, 9.17) is 10.5 Å². The third-order valence-electron chi connectivity index (χ3n) is 3.25. The molecule has 0 bridgehead atoms. The zero-order chi connectivity index (χ0) is 13.7. The predicted octanol–water partition coefficient (Wildman–Crippen LogP) is 2.38. The van der Waals surface area contributed by atoms with Crippen molar-refractivity contribution in [2.24, 2.45) is 10.7 Å². The summed E-state index contributed by atoms with van der Waals surface area (Å²) in [7, 11) is 0. The highest BCUT2D eigenvalue weighted by Gasteiger charge is 2.20. The van der Waals surface area contributed by atoms with Crippen molar-refractivity contribution in [2.45, 2.75) is 25.8 Å². The topological polar surface area (TPSA) is 59.6 Å². The summed E-state index contributed by atoms with van der Waals surface area (Å²) in [5.74, 6) is 1.40. The number of hydrogen-bond donors (Lipinski definition) is 2. The number of hydrogen-bond acceptors (Lipinski definition) is 2. The summed E-state index contributed by atoms with van der Waals surface area (Å²) in [6, 6.07) is 8.20. The molecule has 102 valence electrons. The zero-order valence-electron chi connectivity index (χ0n) is 11.4. The van der Waals surface area contributed by atoms with Gasteiger partial charge in [0.2, 0.25) is 0 Å². The maximum Gasteiger partial charge on any atom is 0.189 e. The lowest BCUT2D eigenvalue weighted by Crippen LogP contribution is -2.37. The molecule has 0 radical (unpaired) electrons. The highest BCUT2D eigenvalue weighted by Crippen LogP contribution is 2.31. The van der Waals surface area contributed by atoms with Gasteiger partial charge in [0.15, 0.2) is 5.96 Å². The molecule has 3 N–H and O–H groups in total. The molecule has 19 heavy (non-hydrogen) atoms. The second-order valence-electron chi connectivity index (χ2n) is 4.68. The number of nitrogens with zero attached hydrogens (tertiary/aromatic N) is 1. The fourth-order valence-corrected chi connectivity index (χ4v) is 2.02. The van der Waals surface area contributed by atoms with Gasteiger partial charge in [-0.05, 0) is 12.5 Å². The van der Waals surface area contributed by atoms with Crippen LogP contribution in [0.3, 0.4) is 0 Å². The van der Waals surface area contributed by atoms with Gasteiger partial charge >= 0.3 is 0 Å². The van der Waals surface area contributed by atoms with E-state index in [1.165, 1.54) is 0 Å². The van der Waals surface area contributed by atoms with Gasteiger partial charge in [-0.15, -0.1) is 0 Å². The second-order valence-corrected chi connectivity index (χ2v) is 4.68. The van der Waals surface area contributed by atoms with Crippen molar-refractivity contribution in [3.63, 3.8) is 0 Å². The summed E-state index contributed by atoms with van der Waals surface area (Å²) in [6.07, 6.45) is 1.82. The van der Waals surface area contributed by atoms with Crippen LogP contribution in [-0.2, 0) is 0 Å². The van der Waals surface area contributed by atoms with Gasteiger partial charge in [0.25, 0.3) is 0 Å². The van der Waals surface area contributed by atoms with E-state index in [9.17, 15) is 0 Å². The molecule has 0 amide bonds. The molecule has 0 saturated heterocycles. The summed E-state index contributed by atoms with van der Waals surface area (Å²) < 4.78 is 5.62. The zero-order valence-corrected chi connectivity index (χ0v) is 11.4. The number of nitrogens with one attached hydrogen (secondary N) is 1. The van der Waals surface area contributed by atoms with Crippen molar-refractivity contribution in [1.29, 1.82) is 0 Å². The smallest absolute Gasteiger partial charge is 0.189 e. The molecule has 0 saturated carbocycles. The fourth-order valence-electron chi connectivity index (χ4n) is 2.02. The molecule has 1 atom stereocenters. The van der Waals surface area contributed by atoms with E-state index >= 15 is 0 Å². The number of nitrogens with two attached hydrogens (primary N) is 1. The Labute approximate surface area is 114 Å². The van der Waals surface area contributed by atoms with E-state index in [1.54, 1.807) is 0 Å². The van der Waals surface area contributed by atoms with Gasteiger partial charge in [-0.3, -0.25) is 0 Å². The van der Waals surface area contributed by atoms with Crippen LogP contribution >= 0.6 is 0 Å². The summed E-state index contributed by atoms with van der Waals surface area (Å²) in [6.45, 7) is 7.26. The molecule has 1 unspecified atom stereocenters. The monoisotopic (exact) mass is 259 g/mol. The summed E-state index contributed by atoms with van der Waals surface area (Å²) in [4.78, 5) is 4.30. The van der Waals surface area contributed by atoms with Crippen molar-refractivity contribution in [3.8, 4) is 5.75 Å². The van der Waals surface area contributed by atoms with E-state index in [2.05, 4.69) is 29.9 Å². The Morgan fingerprint density at radius 3 is 3.11 bits per heavy atom. The maximum absolute atomic E-state index is 5.92. The molecule has 0 spiro atoms. The summed E-state index contributed by atoms with van der Waals surface area (Å²) in [5, 5.41) is 3.26. The van der Waals surface area contributed by atoms with Gasteiger partial charge < -0.3 is 15.8 Å². The third kappa shape index (κ3) is 3.50. The lowest BCUT2D eigenvalue weighted by molar-refractivity contribution is 0.262. The van der Waals surface area contributed by atoms with Gasteiger partial charge in [-0.2, -0.15) is 0 Å². The second kappa shape index (κ2) is 6.27. The van der Waals surface area contributed by atoms with Crippen LogP contribution in [0, 0.1) is 0 Å². The molecule has 1 heterocycles. The Kier molecular flexibility index (Phi) is 4.44. The molecular formula is C15H21N3O. The van der Waals surface area contributed by atoms with Gasteiger partial charge in [0.05, 0.1) is 19.2 Å². The molecule has 4 nitrogen and oxygen atoms in total. The molecule has 0 aliphatic carbocycles. The highest BCUT2D eigenvalue weighted by molar-refractivity contribution is 5.78. The number of benzene rings is 1. The number of rotatable bonds is 4. The molecule has 2 rings (SSSR count). The largest absolute Gasteiger partial charge is 0.493 e. The lowest BCUT2D eigenvalue weighted by Gasteiger charge is -2.26. The van der Waals surface area contributed by atoms with Crippen LogP contribution in [0.15, 0.2) is 41.4 Å². The molecule has 1 aliphatic rings. The molecule has 0 aromatic heterocycles. The van der Waals surface area contributed by atoms with Crippen molar-refractivity contribution < 1.29 is 4.74 Å². The van der Waals surface area contributed by atoms with Crippen molar-refractivity contribution in [2.75, 3.05) is 13.2 Å². The van der Waals surface area contributed by atoms with Crippen LogP contribution in [0.4, 0.5) is 0 Å². The van der Waals surface area contributed by atoms with Crippen LogP contribution in [0.25, 0.3) is 0 Å². The molecule has 1 aliphatic heterocycles. The molecular weight excluding hydrogens is 238 g/mol. The van der Waals surface area contributed by atoms with E-state index in [0.717, 1.165) is 29.7 Å². The van der Waals surface area contributed by atoms with Crippen molar-refractivity contribution in [3.05, 3.63) is 42.0 Å². The molecule has 0 fully saturated rings. The van der Waals surface area contributed by atoms with Gasteiger partial charge in [0.1, 0.15) is 5.75 Å². The fraction of sp³-hybridized carbons (Fsp3) is 0.400. The van der Waals surface area contributed by atoms with Crippen LogP contribution in [0.1, 0.15) is 31.4 Å². The van der Waals surface area contributed by atoms with Gasteiger partial charge in [-0.25, -0.2) is 4.99 Å². The number of fused-ring (bicyclic) bond motifs is 1. The van der Waals surface area contributed by atoms with Crippen molar-refractivity contribution >= 4 is 5.96 Å². The van der Waals surface area contributed by atoms with Gasteiger partial charge in [0, 0.05) is 12.0 Å². The summed E-state index contributed by atoms with van der Waals surface area (Å²) in [5.41, 5.74) is 8.14. The average Bonchev–Trinajstić information content (AvgIpc) is 2.45. The molecule has 4 heteroatoms. The first kappa shape index (κ1) is 13.5. The predicted molar refractivity (Wildman–Crippen MR) is 78.4 cm³/mol. The van der Waals surface area contributed by atoms with Gasteiger partial charge in [-0.1, -0.05) is 37.3 Å². The standard InChI is InChI=1S/C15H21N3O/c1-3-11(2)10-17-15(16)18-13-8-9-19-14-7-5-4-6-12(13)14/h4-7,13H,2-3,8-10H2,1H3,(H3,16,17,18). The van der Waals surface area contributed by atoms with Crippen LogP contribution in [0.5, 0.6) is 5.75 Å². The molecule has 1 aromatic rings. The van der Waals surface area contributed by atoms with E-state index < -0.39 is 0 Å². The highest BCUT2D eigenvalue weighted by atomic mass is 16.5. The average molecular weight is 259 g/mol. The van der Waals surface area contributed by atoms with Crippen LogP contribution in [0.2, 0.25) is 0 Å². The number of guanidine groups is 1. The third-order valence-corrected chi connectivity index (χ3v) is 3.25. The Balaban J connectivity index is 2.02. The van der Waals surface area contributed by atoms with Crippen LogP contribution in [-0.4, -0.2) is 19.1 Å². The molecule has 1 aromatic carbocycles. The Hall–Kier alpha value is -1.97. The minimum atomic E-state index is 0.170. The first-order chi connectivity index (χ1) is 9.20.